The lowest BCUT2D eigenvalue weighted by Crippen LogP contribution is -1.88. The molecule has 5 nitrogen and oxygen atoms in total. The van der Waals surface area contributed by atoms with Crippen LogP contribution in [0, 0.1) is 6.92 Å². The first-order chi connectivity index (χ1) is 8.28. The first kappa shape index (κ1) is 10.3. The van der Waals surface area contributed by atoms with Gasteiger partial charge in [0, 0.05) is 12.4 Å². The van der Waals surface area contributed by atoms with Gasteiger partial charge in [0.25, 0.3) is 5.22 Å². The molecule has 0 fully saturated rings. The second kappa shape index (κ2) is 3.89. The number of rotatable bonds is 2. The summed E-state index contributed by atoms with van der Waals surface area (Å²) in [7, 11) is 0. The fraction of sp³-hybridized carbons (Fsp3) is 0.182. The maximum absolute atomic E-state index is 5.49. The van der Waals surface area contributed by atoms with Crippen molar-refractivity contribution in [3.63, 3.8) is 0 Å². The Hall–Kier alpha value is -1.82. The quantitative estimate of drug-likeness (QED) is 0.650. The highest BCUT2D eigenvalue weighted by molar-refractivity contribution is 7.98. The minimum atomic E-state index is 0.527. The molecule has 0 unspecified atom stereocenters. The molecule has 17 heavy (non-hydrogen) atoms. The van der Waals surface area contributed by atoms with Gasteiger partial charge in [-0.2, -0.15) is 5.10 Å². The van der Waals surface area contributed by atoms with Crippen LogP contribution in [0.4, 0.5) is 0 Å². The second-order valence-corrected chi connectivity index (χ2v) is 4.41. The van der Waals surface area contributed by atoms with Crippen molar-refractivity contribution in [2.24, 2.45) is 0 Å². The van der Waals surface area contributed by atoms with Crippen LogP contribution in [0.25, 0.3) is 17.0 Å². The molecular weight excluding hydrogens is 236 g/mol. The number of aromatic nitrogens is 4. The molecule has 0 bridgehead atoms. The van der Waals surface area contributed by atoms with Gasteiger partial charge in [0.1, 0.15) is 0 Å². The van der Waals surface area contributed by atoms with E-state index in [9.17, 15) is 0 Å². The van der Waals surface area contributed by atoms with Gasteiger partial charge in [-0.05, 0) is 30.9 Å². The molecule has 6 heteroatoms. The molecule has 0 spiro atoms. The van der Waals surface area contributed by atoms with Crippen LogP contribution in [0.1, 0.15) is 5.56 Å². The van der Waals surface area contributed by atoms with Crippen LogP contribution in [0.2, 0.25) is 0 Å². The lowest BCUT2D eigenvalue weighted by Gasteiger charge is -1.94. The molecule has 0 amide bonds. The number of aryl methyl sites for hydroxylation is 1. The predicted octanol–water partition coefficient (Wildman–Crippen LogP) is 2.41. The van der Waals surface area contributed by atoms with Gasteiger partial charge >= 0.3 is 0 Å². The van der Waals surface area contributed by atoms with E-state index in [1.54, 1.807) is 6.20 Å². The van der Waals surface area contributed by atoms with E-state index >= 15 is 0 Å². The van der Waals surface area contributed by atoms with Gasteiger partial charge < -0.3 is 4.42 Å². The fourth-order valence-corrected chi connectivity index (χ4v) is 1.95. The van der Waals surface area contributed by atoms with E-state index in [0.717, 1.165) is 16.6 Å². The van der Waals surface area contributed by atoms with Crippen LogP contribution in [-0.2, 0) is 0 Å². The highest BCUT2D eigenvalue weighted by Gasteiger charge is 2.11. The molecule has 86 valence electrons. The van der Waals surface area contributed by atoms with Gasteiger partial charge in [0.05, 0.1) is 11.1 Å². The highest BCUT2D eigenvalue weighted by atomic mass is 32.2. The Balaban J connectivity index is 2.14. The van der Waals surface area contributed by atoms with E-state index in [4.69, 9.17) is 4.42 Å². The summed E-state index contributed by atoms with van der Waals surface area (Å²) in [6.45, 7) is 2.04. The Kier molecular flexibility index (Phi) is 2.36. The molecule has 0 saturated heterocycles. The number of hydrogen-bond donors (Lipinski definition) is 0. The van der Waals surface area contributed by atoms with Gasteiger partial charge in [-0.3, -0.25) is 0 Å². The average molecular weight is 246 g/mol. The molecule has 0 radical (unpaired) electrons. The van der Waals surface area contributed by atoms with Crippen LogP contribution in [0.15, 0.2) is 34.2 Å². The Morgan fingerprint density at radius 1 is 1.35 bits per heavy atom. The third kappa shape index (κ3) is 1.70. The zero-order chi connectivity index (χ0) is 11.8. The Labute approximate surface area is 102 Å². The maximum Gasteiger partial charge on any atom is 0.276 e. The Morgan fingerprint density at radius 3 is 2.94 bits per heavy atom. The highest BCUT2D eigenvalue weighted by Crippen LogP contribution is 2.24. The lowest BCUT2D eigenvalue weighted by molar-refractivity contribution is 0.466. The monoisotopic (exact) mass is 246 g/mol. The summed E-state index contributed by atoms with van der Waals surface area (Å²) in [5, 5.41) is 12.7. The van der Waals surface area contributed by atoms with E-state index in [2.05, 4.69) is 15.3 Å². The molecule has 3 heterocycles. The van der Waals surface area contributed by atoms with Crippen molar-refractivity contribution in [2.45, 2.75) is 12.1 Å². The first-order valence-corrected chi connectivity index (χ1v) is 6.32. The van der Waals surface area contributed by atoms with E-state index in [-0.39, 0.29) is 0 Å². The smallest absolute Gasteiger partial charge is 0.276 e. The van der Waals surface area contributed by atoms with Gasteiger partial charge in [0.15, 0.2) is 0 Å². The van der Waals surface area contributed by atoms with Crippen LogP contribution in [0.5, 0.6) is 0 Å². The standard InChI is InChI=1S/C11H10N4OS/c1-7-3-4-12-15-6-8(5-9(7)15)10-13-14-11(16-10)17-2/h3-6H,1-2H3. The first-order valence-electron chi connectivity index (χ1n) is 5.10. The second-order valence-electron chi connectivity index (χ2n) is 3.65. The van der Waals surface area contributed by atoms with Gasteiger partial charge in [-0.1, -0.05) is 11.8 Å². The zero-order valence-electron chi connectivity index (χ0n) is 9.41. The summed E-state index contributed by atoms with van der Waals surface area (Å²) < 4.78 is 7.30. The molecule has 0 saturated carbocycles. The molecule has 3 rings (SSSR count). The lowest BCUT2D eigenvalue weighted by atomic mass is 10.2. The van der Waals surface area contributed by atoms with E-state index < -0.39 is 0 Å². The van der Waals surface area contributed by atoms with E-state index in [1.807, 2.05) is 36.0 Å². The van der Waals surface area contributed by atoms with Crippen molar-refractivity contribution in [1.82, 2.24) is 19.8 Å². The van der Waals surface area contributed by atoms with Gasteiger partial charge in [-0.15, -0.1) is 10.2 Å². The van der Waals surface area contributed by atoms with Crippen molar-refractivity contribution < 1.29 is 4.42 Å². The van der Waals surface area contributed by atoms with Crippen LogP contribution < -0.4 is 0 Å². The van der Waals surface area contributed by atoms with Crippen LogP contribution in [-0.4, -0.2) is 26.1 Å². The fourth-order valence-electron chi connectivity index (χ4n) is 1.67. The van der Waals surface area contributed by atoms with Crippen molar-refractivity contribution in [3.8, 4) is 11.5 Å². The van der Waals surface area contributed by atoms with E-state index in [0.29, 0.717) is 11.1 Å². The number of fused-ring (bicyclic) bond motifs is 1. The van der Waals surface area contributed by atoms with Crippen molar-refractivity contribution >= 4 is 17.3 Å². The van der Waals surface area contributed by atoms with Crippen LogP contribution in [0.3, 0.4) is 0 Å². The van der Waals surface area contributed by atoms with E-state index in [1.165, 1.54) is 11.8 Å². The third-order valence-electron chi connectivity index (χ3n) is 2.55. The Bertz CT molecular complexity index is 673. The topological polar surface area (TPSA) is 56.2 Å². The molecule has 0 N–H and O–H groups in total. The molecular formula is C11H10N4OS. The average Bonchev–Trinajstić information content (AvgIpc) is 2.95. The SMILES string of the molecule is CSc1nnc(-c2cc3c(C)ccnn3c2)o1. The van der Waals surface area contributed by atoms with Gasteiger partial charge in [0.2, 0.25) is 5.89 Å². The zero-order valence-corrected chi connectivity index (χ0v) is 10.2. The molecule has 3 aromatic rings. The molecule has 0 aromatic carbocycles. The Morgan fingerprint density at radius 2 is 2.24 bits per heavy atom. The number of nitrogens with zero attached hydrogens (tertiary/aromatic N) is 4. The summed E-state index contributed by atoms with van der Waals surface area (Å²) >= 11 is 1.43. The molecule has 0 aliphatic rings. The summed E-state index contributed by atoms with van der Waals surface area (Å²) in [6.07, 6.45) is 5.56. The number of thioether (sulfide) groups is 1. The molecule has 0 aliphatic heterocycles. The summed E-state index contributed by atoms with van der Waals surface area (Å²) in [4.78, 5) is 0. The summed E-state index contributed by atoms with van der Waals surface area (Å²) in [5.74, 6) is 0.527. The maximum atomic E-state index is 5.49. The minimum absolute atomic E-state index is 0.527. The van der Waals surface area contributed by atoms with Crippen molar-refractivity contribution in [1.29, 1.82) is 0 Å². The molecule has 3 aromatic heterocycles. The van der Waals surface area contributed by atoms with Gasteiger partial charge in [-0.25, -0.2) is 4.52 Å². The van der Waals surface area contributed by atoms with Crippen LogP contribution >= 0.6 is 11.8 Å². The largest absolute Gasteiger partial charge is 0.411 e. The van der Waals surface area contributed by atoms with Crippen molar-refractivity contribution in [2.75, 3.05) is 6.26 Å². The summed E-state index contributed by atoms with van der Waals surface area (Å²) in [5.41, 5.74) is 3.10. The number of hydrogen-bond acceptors (Lipinski definition) is 5. The molecule has 0 atom stereocenters. The summed E-state index contributed by atoms with van der Waals surface area (Å²) in [6, 6.07) is 3.97. The molecule has 0 aliphatic carbocycles. The third-order valence-corrected chi connectivity index (χ3v) is 3.06. The minimum Gasteiger partial charge on any atom is -0.411 e. The predicted molar refractivity (Wildman–Crippen MR) is 65.0 cm³/mol. The van der Waals surface area contributed by atoms with Crippen molar-refractivity contribution in [3.05, 3.63) is 30.1 Å². The normalized spacial score (nSPS) is 11.2.